The first-order valence-corrected chi connectivity index (χ1v) is 7.61. The van der Waals surface area contributed by atoms with E-state index >= 15 is 0 Å². The highest BCUT2D eigenvalue weighted by Gasteiger charge is 2.36. The SMILES string of the molecule is Cc1ccc(-c2cc(C(=O)N3CCC(C)CC3C(=O)O)n[nH]2)o1. The maximum atomic E-state index is 12.6. The first kappa shape index (κ1) is 15.3. The zero-order valence-electron chi connectivity index (χ0n) is 13.1. The number of furan rings is 1. The van der Waals surface area contributed by atoms with Gasteiger partial charge in [-0.15, -0.1) is 0 Å². The van der Waals surface area contributed by atoms with Gasteiger partial charge in [-0.1, -0.05) is 6.92 Å². The number of amides is 1. The van der Waals surface area contributed by atoms with Gasteiger partial charge in [0.2, 0.25) is 0 Å². The number of hydrogen-bond donors (Lipinski definition) is 2. The predicted octanol–water partition coefficient (Wildman–Crippen LogP) is 2.30. The number of aromatic amines is 1. The lowest BCUT2D eigenvalue weighted by Crippen LogP contribution is -2.49. The number of rotatable bonds is 3. The number of H-pyrrole nitrogens is 1. The van der Waals surface area contributed by atoms with Gasteiger partial charge >= 0.3 is 5.97 Å². The van der Waals surface area contributed by atoms with Crippen molar-refractivity contribution in [3.05, 3.63) is 29.7 Å². The Morgan fingerprint density at radius 3 is 2.87 bits per heavy atom. The molecule has 0 aliphatic carbocycles. The Kier molecular flexibility index (Phi) is 3.94. The Hall–Kier alpha value is -2.57. The molecule has 1 aliphatic heterocycles. The highest BCUT2D eigenvalue weighted by molar-refractivity contribution is 5.95. The van der Waals surface area contributed by atoms with Crippen LogP contribution in [-0.2, 0) is 4.79 Å². The van der Waals surface area contributed by atoms with Crippen LogP contribution in [0.2, 0.25) is 0 Å². The molecule has 1 aliphatic rings. The van der Waals surface area contributed by atoms with Crippen molar-refractivity contribution in [2.75, 3.05) is 6.54 Å². The summed E-state index contributed by atoms with van der Waals surface area (Å²) in [6.45, 7) is 4.26. The standard InChI is InChI=1S/C16H19N3O4/c1-9-5-6-19(13(7-9)16(21)22)15(20)12-8-11(17-18-12)14-4-3-10(2)23-14/h3-4,8-9,13H,5-7H2,1-2H3,(H,17,18)(H,21,22). The summed E-state index contributed by atoms with van der Waals surface area (Å²) in [5.74, 6) is 0.313. The summed E-state index contributed by atoms with van der Waals surface area (Å²) in [7, 11) is 0. The maximum absolute atomic E-state index is 12.6. The fourth-order valence-corrected chi connectivity index (χ4v) is 2.90. The van der Waals surface area contributed by atoms with Gasteiger partial charge in [0, 0.05) is 12.6 Å². The van der Waals surface area contributed by atoms with Crippen LogP contribution in [0.1, 0.15) is 36.0 Å². The number of carboxylic acid groups (broad SMARTS) is 1. The Bertz CT molecular complexity index is 733. The second kappa shape index (κ2) is 5.91. The number of carbonyl (C=O) groups excluding carboxylic acids is 1. The smallest absolute Gasteiger partial charge is 0.326 e. The number of aryl methyl sites for hydroxylation is 1. The zero-order chi connectivity index (χ0) is 16.6. The van der Waals surface area contributed by atoms with Gasteiger partial charge in [0.15, 0.2) is 11.5 Å². The molecule has 0 spiro atoms. The number of carboxylic acids is 1. The molecular weight excluding hydrogens is 298 g/mol. The van der Waals surface area contributed by atoms with Crippen LogP contribution in [0, 0.1) is 12.8 Å². The summed E-state index contributed by atoms with van der Waals surface area (Å²) in [6, 6.07) is 4.42. The molecule has 2 aromatic rings. The number of hydrogen-bond acceptors (Lipinski definition) is 4. The molecule has 1 amide bonds. The van der Waals surface area contributed by atoms with Gasteiger partial charge in [-0.25, -0.2) is 4.79 Å². The van der Waals surface area contributed by atoms with Gasteiger partial charge in [-0.3, -0.25) is 9.89 Å². The van der Waals surface area contributed by atoms with Gasteiger partial charge in [0.1, 0.15) is 17.5 Å². The van der Waals surface area contributed by atoms with Gasteiger partial charge in [-0.2, -0.15) is 5.10 Å². The molecule has 3 heterocycles. The molecule has 1 saturated heterocycles. The lowest BCUT2D eigenvalue weighted by atomic mass is 9.92. The Labute approximate surface area is 133 Å². The quantitative estimate of drug-likeness (QED) is 0.905. The molecule has 122 valence electrons. The molecule has 7 heteroatoms. The number of aliphatic carboxylic acids is 1. The first-order valence-electron chi connectivity index (χ1n) is 7.61. The summed E-state index contributed by atoms with van der Waals surface area (Å²) >= 11 is 0. The fraction of sp³-hybridized carbons (Fsp3) is 0.438. The molecule has 3 rings (SSSR count). The number of aromatic nitrogens is 2. The second-order valence-electron chi connectivity index (χ2n) is 6.06. The summed E-state index contributed by atoms with van der Waals surface area (Å²) in [6.07, 6.45) is 1.26. The third-order valence-electron chi connectivity index (χ3n) is 4.21. The van der Waals surface area contributed by atoms with Crippen molar-refractivity contribution in [2.24, 2.45) is 5.92 Å². The van der Waals surface area contributed by atoms with Crippen molar-refractivity contribution < 1.29 is 19.1 Å². The fourth-order valence-electron chi connectivity index (χ4n) is 2.90. The van der Waals surface area contributed by atoms with Crippen LogP contribution in [0.25, 0.3) is 11.5 Å². The number of carbonyl (C=O) groups is 2. The van der Waals surface area contributed by atoms with Crippen LogP contribution in [0.3, 0.4) is 0 Å². The van der Waals surface area contributed by atoms with Crippen LogP contribution in [-0.4, -0.2) is 44.7 Å². The van der Waals surface area contributed by atoms with E-state index in [-0.39, 0.29) is 11.6 Å². The highest BCUT2D eigenvalue weighted by atomic mass is 16.4. The van der Waals surface area contributed by atoms with E-state index in [4.69, 9.17) is 4.42 Å². The van der Waals surface area contributed by atoms with Crippen LogP contribution < -0.4 is 0 Å². The van der Waals surface area contributed by atoms with Crippen LogP contribution in [0.15, 0.2) is 22.6 Å². The van der Waals surface area contributed by atoms with Crippen molar-refractivity contribution in [2.45, 2.75) is 32.7 Å². The van der Waals surface area contributed by atoms with Gasteiger partial charge in [-0.05, 0) is 37.8 Å². The molecule has 7 nitrogen and oxygen atoms in total. The number of piperidine rings is 1. The number of likely N-dealkylation sites (tertiary alicyclic amines) is 1. The summed E-state index contributed by atoms with van der Waals surface area (Å²) in [5.41, 5.74) is 0.800. The van der Waals surface area contributed by atoms with Crippen LogP contribution in [0.4, 0.5) is 0 Å². The summed E-state index contributed by atoms with van der Waals surface area (Å²) in [4.78, 5) is 25.5. The molecule has 2 unspecified atom stereocenters. The van der Waals surface area contributed by atoms with Crippen molar-refractivity contribution in [1.29, 1.82) is 0 Å². The molecular formula is C16H19N3O4. The van der Waals surface area contributed by atoms with E-state index in [1.807, 2.05) is 19.9 Å². The van der Waals surface area contributed by atoms with Crippen molar-refractivity contribution in [3.63, 3.8) is 0 Å². The number of nitrogens with one attached hydrogen (secondary N) is 1. The molecule has 0 radical (unpaired) electrons. The number of nitrogens with zero attached hydrogens (tertiary/aromatic N) is 2. The van der Waals surface area contributed by atoms with E-state index in [0.29, 0.717) is 30.3 Å². The van der Waals surface area contributed by atoms with E-state index in [9.17, 15) is 14.7 Å². The van der Waals surface area contributed by atoms with E-state index in [1.165, 1.54) is 4.90 Å². The molecule has 2 atom stereocenters. The Balaban J connectivity index is 1.82. The molecule has 2 aromatic heterocycles. The van der Waals surface area contributed by atoms with Crippen molar-refractivity contribution in [3.8, 4) is 11.5 Å². The van der Waals surface area contributed by atoms with E-state index in [1.54, 1.807) is 12.1 Å². The van der Waals surface area contributed by atoms with E-state index in [0.717, 1.165) is 12.2 Å². The van der Waals surface area contributed by atoms with Gasteiger partial charge in [0.25, 0.3) is 5.91 Å². The monoisotopic (exact) mass is 317 g/mol. The third-order valence-corrected chi connectivity index (χ3v) is 4.21. The minimum absolute atomic E-state index is 0.204. The van der Waals surface area contributed by atoms with E-state index in [2.05, 4.69) is 10.2 Å². The molecule has 0 bridgehead atoms. The van der Waals surface area contributed by atoms with Crippen molar-refractivity contribution in [1.82, 2.24) is 15.1 Å². The zero-order valence-corrected chi connectivity index (χ0v) is 13.1. The average molecular weight is 317 g/mol. The van der Waals surface area contributed by atoms with Gasteiger partial charge < -0.3 is 14.4 Å². The van der Waals surface area contributed by atoms with Crippen molar-refractivity contribution >= 4 is 11.9 Å². The lowest BCUT2D eigenvalue weighted by molar-refractivity contribution is -0.144. The molecule has 0 aromatic carbocycles. The highest BCUT2D eigenvalue weighted by Crippen LogP contribution is 2.26. The molecule has 0 saturated carbocycles. The normalized spacial score (nSPS) is 21.4. The second-order valence-corrected chi connectivity index (χ2v) is 6.06. The average Bonchev–Trinajstić information content (AvgIpc) is 3.15. The summed E-state index contributed by atoms with van der Waals surface area (Å²) < 4.78 is 5.49. The minimum Gasteiger partial charge on any atom is -0.480 e. The molecule has 2 N–H and O–H groups in total. The lowest BCUT2D eigenvalue weighted by Gasteiger charge is -2.35. The Morgan fingerprint density at radius 1 is 1.43 bits per heavy atom. The molecule has 1 fully saturated rings. The largest absolute Gasteiger partial charge is 0.480 e. The van der Waals surface area contributed by atoms with Gasteiger partial charge in [0.05, 0.1) is 0 Å². The Morgan fingerprint density at radius 2 is 2.22 bits per heavy atom. The van der Waals surface area contributed by atoms with Crippen LogP contribution in [0.5, 0.6) is 0 Å². The first-order chi connectivity index (χ1) is 11.0. The third kappa shape index (κ3) is 2.99. The predicted molar refractivity (Wildman–Crippen MR) is 81.9 cm³/mol. The van der Waals surface area contributed by atoms with E-state index < -0.39 is 12.0 Å². The minimum atomic E-state index is -0.970. The molecule has 23 heavy (non-hydrogen) atoms. The maximum Gasteiger partial charge on any atom is 0.326 e. The summed E-state index contributed by atoms with van der Waals surface area (Å²) in [5, 5.41) is 16.2. The topological polar surface area (TPSA) is 99.4 Å². The van der Waals surface area contributed by atoms with Crippen LogP contribution >= 0.6 is 0 Å².